The van der Waals surface area contributed by atoms with Crippen LogP contribution in [0.4, 0.5) is 0 Å². The highest BCUT2D eigenvalue weighted by molar-refractivity contribution is 5.96. The van der Waals surface area contributed by atoms with E-state index in [2.05, 4.69) is 33.0 Å². The van der Waals surface area contributed by atoms with Crippen LogP contribution in [-0.4, -0.2) is 16.9 Å². The average Bonchev–Trinajstić information content (AvgIpc) is 2.53. The summed E-state index contributed by atoms with van der Waals surface area (Å²) in [7, 11) is 0. The van der Waals surface area contributed by atoms with Crippen LogP contribution in [0.1, 0.15) is 57.3 Å². The van der Waals surface area contributed by atoms with E-state index in [1.54, 1.807) is 0 Å². The summed E-state index contributed by atoms with van der Waals surface area (Å²) < 4.78 is 5.86. The van der Waals surface area contributed by atoms with Crippen molar-refractivity contribution in [3.05, 3.63) is 60.2 Å². The number of hydrogen-bond donors (Lipinski definition) is 1. The number of Topliss-reactive ketones (excluding diaryl/α,β-unsaturated/α-hetero) is 1. The molecule has 1 fully saturated rings. The summed E-state index contributed by atoms with van der Waals surface area (Å²) in [4.78, 5) is 12.9. The zero-order chi connectivity index (χ0) is 18.8. The van der Waals surface area contributed by atoms with E-state index >= 15 is 0 Å². The van der Waals surface area contributed by atoms with Crippen molar-refractivity contribution in [3.63, 3.8) is 0 Å². The summed E-state index contributed by atoms with van der Waals surface area (Å²) in [5, 5.41) is 3.68. The van der Waals surface area contributed by atoms with Crippen molar-refractivity contribution < 1.29 is 9.53 Å². The van der Waals surface area contributed by atoms with Crippen LogP contribution in [-0.2, 0) is 0 Å². The minimum atomic E-state index is 0.0605. The van der Waals surface area contributed by atoms with Crippen LogP contribution in [0.15, 0.2) is 54.6 Å². The molecule has 0 bridgehead atoms. The van der Waals surface area contributed by atoms with Gasteiger partial charge in [0.05, 0.1) is 0 Å². The SMILES string of the molecule is CC1(C)CC(CC(=O)c2cccc(Oc3ccccc3)c2)CC(C)(C)N1. The highest BCUT2D eigenvalue weighted by atomic mass is 16.5. The Morgan fingerprint density at radius 2 is 1.58 bits per heavy atom. The Balaban J connectivity index is 1.69. The summed E-state index contributed by atoms with van der Waals surface area (Å²) in [6.45, 7) is 8.89. The molecule has 0 unspecified atom stereocenters. The molecule has 1 heterocycles. The normalized spacial score (nSPS) is 19.1. The summed E-state index contributed by atoms with van der Waals surface area (Å²) in [6, 6.07) is 17.2. The van der Waals surface area contributed by atoms with E-state index in [4.69, 9.17) is 4.74 Å². The molecule has 0 aromatic heterocycles. The van der Waals surface area contributed by atoms with Crippen molar-refractivity contribution in [1.82, 2.24) is 5.32 Å². The van der Waals surface area contributed by atoms with Crippen molar-refractivity contribution in [2.75, 3.05) is 0 Å². The molecule has 3 nitrogen and oxygen atoms in total. The molecule has 1 saturated heterocycles. The molecule has 1 aliphatic rings. The first-order chi connectivity index (χ1) is 12.2. The third-order valence-electron chi connectivity index (χ3n) is 4.88. The van der Waals surface area contributed by atoms with Gasteiger partial charge < -0.3 is 10.1 Å². The molecule has 3 rings (SSSR count). The Labute approximate surface area is 156 Å². The lowest BCUT2D eigenvalue weighted by Crippen LogP contribution is -2.57. The lowest BCUT2D eigenvalue weighted by molar-refractivity contribution is 0.0864. The van der Waals surface area contributed by atoms with E-state index in [0.29, 0.717) is 18.1 Å². The van der Waals surface area contributed by atoms with E-state index < -0.39 is 0 Å². The molecule has 2 aromatic carbocycles. The van der Waals surface area contributed by atoms with E-state index in [9.17, 15) is 4.79 Å². The van der Waals surface area contributed by atoms with Gasteiger partial charge in [-0.25, -0.2) is 0 Å². The zero-order valence-electron chi connectivity index (χ0n) is 16.2. The number of carbonyl (C=O) groups excluding carboxylic acids is 1. The van der Waals surface area contributed by atoms with Crippen LogP contribution >= 0.6 is 0 Å². The number of hydrogen-bond acceptors (Lipinski definition) is 3. The topological polar surface area (TPSA) is 38.3 Å². The largest absolute Gasteiger partial charge is 0.457 e. The molecule has 0 amide bonds. The van der Waals surface area contributed by atoms with Crippen molar-refractivity contribution in [2.24, 2.45) is 5.92 Å². The van der Waals surface area contributed by atoms with Gasteiger partial charge in [-0.15, -0.1) is 0 Å². The summed E-state index contributed by atoms with van der Waals surface area (Å²) in [5.74, 6) is 2.07. The number of nitrogens with one attached hydrogen (secondary N) is 1. The molecule has 3 heteroatoms. The van der Waals surface area contributed by atoms with Gasteiger partial charge in [-0.3, -0.25) is 4.79 Å². The second kappa shape index (κ2) is 7.24. The van der Waals surface area contributed by atoms with Crippen LogP contribution in [0.3, 0.4) is 0 Å². The van der Waals surface area contributed by atoms with Gasteiger partial charge in [-0.2, -0.15) is 0 Å². The minimum Gasteiger partial charge on any atom is -0.457 e. The molecule has 1 N–H and O–H groups in total. The molecule has 2 aromatic rings. The standard InChI is InChI=1S/C23H29NO2/c1-22(2)15-17(16-23(3,4)24-22)13-21(25)18-9-8-12-20(14-18)26-19-10-6-5-7-11-19/h5-12,14,17,24H,13,15-16H2,1-4H3. The van der Waals surface area contributed by atoms with Gasteiger partial charge in [0.25, 0.3) is 0 Å². The zero-order valence-corrected chi connectivity index (χ0v) is 16.2. The lowest BCUT2D eigenvalue weighted by atomic mass is 9.74. The van der Waals surface area contributed by atoms with Crippen molar-refractivity contribution >= 4 is 5.78 Å². The third-order valence-corrected chi connectivity index (χ3v) is 4.88. The number of carbonyl (C=O) groups is 1. The Kier molecular flexibility index (Phi) is 5.19. The minimum absolute atomic E-state index is 0.0605. The van der Waals surface area contributed by atoms with Crippen LogP contribution in [0.2, 0.25) is 0 Å². The number of ketones is 1. The Morgan fingerprint density at radius 3 is 2.23 bits per heavy atom. The molecule has 0 saturated carbocycles. The maximum Gasteiger partial charge on any atom is 0.163 e. The second-order valence-electron chi connectivity index (χ2n) is 8.74. The first kappa shape index (κ1) is 18.7. The molecule has 0 radical (unpaired) electrons. The molecular formula is C23H29NO2. The van der Waals surface area contributed by atoms with Crippen molar-refractivity contribution in [2.45, 2.75) is 58.0 Å². The number of ether oxygens (including phenoxy) is 1. The average molecular weight is 351 g/mol. The fourth-order valence-corrected chi connectivity index (χ4v) is 4.42. The van der Waals surface area contributed by atoms with Gasteiger partial charge in [-0.1, -0.05) is 30.3 Å². The van der Waals surface area contributed by atoms with Crippen molar-refractivity contribution in [1.29, 1.82) is 0 Å². The predicted octanol–water partition coefficient (Wildman–Crippen LogP) is 5.61. The number of rotatable bonds is 5. The van der Waals surface area contributed by atoms with E-state index in [1.807, 2.05) is 54.6 Å². The Bertz CT molecular complexity index is 749. The fourth-order valence-electron chi connectivity index (χ4n) is 4.42. The van der Waals surface area contributed by atoms with Crippen LogP contribution in [0.25, 0.3) is 0 Å². The number of para-hydroxylation sites is 1. The molecular weight excluding hydrogens is 322 g/mol. The first-order valence-corrected chi connectivity index (χ1v) is 9.38. The maximum atomic E-state index is 12.9. The van der Waals surface area contributed by atoms with Gasteiger partial charge in [0.15, 0.2) is 5.78 Å². The van der Waals surface area contributed by atoms with Gasteiger partial charge in [0.2, 0.25) is 0 Å². The smallest absolute Gasteiger partial charge is 0.163 e. The second-order valence-corrected chi connectivity index (χ2v) is 8.74. The van der Waals surface area contributed by atoms with Gasteiger partial charge in [0, 0.05) is 23.1 Å². The van der Waals surface area contributed by atoms with E-state index in [-0.39, 0.29) is 16.9 Å². The fraction of sp³-hybridized carbons (Fsp3) is 0.435. The molecule has 26 heavy (non-hydrogen) atoms. The highest BCUT2D eigenvalue weighted by Gasteiger charge is 2.38. The first-order valence-electron chi connectivity index (χ1n) is 9.38. The van der Waals surface area contributed by atoms with E-state index in [0.717, 1.165) is 24.2 Å². The molecule has 1 aliphatic heterocycles. The van der Waals surface area contributed by atoms with Gasteiger partial charge in [0.1, 0.15) is 11.5 Å². The highest BCUT2D eigenvalue weighted by Crippen LogP contribution is 2.35. The third kappa shape index (κ3) is 4.95. The van der Waals surface area contributed by atoms with Crippen LogP contribution < -0.4 is 10.1 Å². The molecule has 0 aliphatic carbocycles. The lowest BCUT2D eigenvalue weighted by Gasteiger charge is -2.46. The number of piperidine rings is 1. The van der Waals surface area contributed by atoms with Gasteiger partial charge >= 0.3 is 0 Å². The predicted molar refractivity (Wildman–Crippen MR) is 106 cm³/mol. The van der Waals surface area contributed by atoms with Crippen LogP contribution in [0.5, 0.6) is 11.5 Å². The summed E-state index contributed by atoms with van der Waals surface area (Å²) >= 11 is 0. The summed E-state index contributed by atoms with van der Waals surface area (Å²) in [5.41, 5.74) is 0.850. The Hall–Kier alpha value is -2.13. The number of benzene rings is 2. The molecule has 138 valence electrons. The molecule has 0 atom stereocenters. The van der Waals surface area contributed by atoms with E-state index in [1.165, 1.54) is 0 Å². The molecule has 0 spiro atoms. The summed E-state index contributed by atoms with van der Waals surface area (Å²) in [6.07, 6.45) is 2.62. The quantitative estimate of drug-likeness (QED) is 0.712. The Morgan fingerprint density at radius 1 is 0.962 bits per heavy atom. The van der Waals surface area contributed by atoms with Crippen molar-refractivity contribution in [3.8, 4) is 11.5 Å². The monoisotopic (exact) mass is 351 g/mol. The van der Waals surface area contributed by atoms with Crippen LogP contribution in [0, 0.1) is 5.92 Å². The maximum absolute atomic E-state index is 12.9. The van der Waals surface area contributed by atoms with Gasteiger partial charge in [-0.05, 0) is 70.7 Å².